The number of primary amides is 1. The summed E-state index contributed by atoms with van der Waals surface area (Å²) in [5, 5.41) is 3.26. The summed E-state index contributed by atoms with van der Waals surface area (Å²) in [5.41, 5.74) is 8.18. The lowest BCUT2D eigenvalue weighted by molar-refractivity contribution is -0.123. The number of amides is 1. The average Bonchev–Trinajstić information content (AvgIpc) is 2.48. The molecule has 3 heteroatoms. The molecule has 1 unspecified atom stereocenters. The lowest BCUT2D eigenvalue weighted by atomic mass is 9.98. The zero-order chi connectivity index (χ0) is 15.5. The zero-order valence-electron chi connectivity index (χ0n) is 12.8. The van der Waals surface area contributed by atoms with Gasteiger partial charge in [0.15, 0.2) is 0 Å². The fourth-order valence-electron chi connectivity index (χ4n) is 2.29. The highest BCUT2D eigenvalue weighted by molar-refractivity contribution is 5.83. The minimum Gasteiger partial charge on any atom is -0.368 e. The number of hydrogen-bond acceptors (Lipinski definition) is 2. The minimum absolute atomic E-state index is 0.0531. The standard InChI is InChI=1S/C18H22N2O/c1-13(20-18(2,3)17(19)21)14-9-11-16(12-10-14)15-7-5-4-6-8-15/h4-13,20H,1-3H3,(H2,19,21). The lowest BCUT2D eigenvalue weighted by Crippen LogP contribution is -2.51. The average molecular weight is 282 g/mol. The molecule has 0 aliphatic rings. The molecule has 0 radical (unpaired) electrons. The molecule has 110 valence electrons. The molecule has 3 N–H and O–H groups in total. The summed E-state index contributed by atoms with van der Waals surface area (Å²) in [6.45, 7) is 5.62. The molecule has 0 aromatic heterocycles. The Kier molecular flexibility index (Phi) is 4.43. The van der Waals surface area contributed by atoms with Crippen LogP contribution in [0, 0.1) is 0 Å². The number of carbonyl (C=O) groups is 1. The van der Waals surface area contributed by atoms with Crippen LogP contribution in [0.3, 0.4) is 0 Å². The Labute approximate surface area is 126 Å². The van der Waals surface area contributed by atoms with Crippen molar-refractivity contribution >= 4 is 5.91 Å². The first-order valence-corrected chi connectivity index (χ1v) is 7.13. The Morgan fingerprint density at radius 1 is 1.00 bits per heavy atom. The van der Waals surface area contributed by atoms with Gasteiger partial charge in [0.2, 0.25) is 5.91 Å². The maximum atomic E-state index is 11.4. The van der Waals surface area contributed by atoms with Gasteiger partial charge < -0.3 is 5.73 Å². The highest BCUT2D eigenvalue weighted by atomic mass is 16.1. The van der Waals surface area contributed by atoms with Crippen LogP contribution in [0.25, 0.3) is 11.1 Å². The molecule has 2 rings (SSSR count). The van der Waals surface area contributed by atoms with E-state index in [0.29, 0.717) is 0 Å². The van der Waals surface area contributed by atoms with Gasteiger partial charge in [-0.25, -0.2) is 0 Å². The van der Waals surface area contributed by atoms with Crippen LogP contribution >= 0.6 is 0 Å². The molecule has 0 aliphatic carbocycles. The lowest BCUT2D eigenvalue weighted by Gasteiger charge is -2.27. The predicted octanol–water partition coefficient (Wildman–Crippen LogP) is 3.27. The van der Waals surface area contributed by atoms with Crippen LogP contribution < -0.4 is 11.1 Å². The molecule has 0 aliphatic heterocycles. The van der Waals surface area contributed by atoms with E-state index in [1.165, 1.54) is 11.1 Å². The van der Waals surface area contributed by atoms with Crippen molar-refractivity contribution in [2.45, 2.75) is 32.4 Å². The zero-order valence-corrected chi connectivity index (χ0v) is 12.8. The summed E-state index contributed by atoms with van der Waals surface area (Å²) in [7, 11) is 0. The quantitative estimate of drug-likeness (QED) is 0.884. The second-order valence-electron chi connectivity index (χ2n) is 5.84. The fourth-order valence-corrected chi connectivity index (χ4v) is 2.29. The third-order valence-corrected chi connectivity index (χ3v) is 3.71. The first kappa shape index (κ1) is 15.3. The Bertz CT molecular complexity index is 603. The van der Waals surface area contributed by atoms with Gasteiger partial charge in [-0.3, -0.25) is 10.1 Å². The van der Waals surface area contributed by atoms with E-state index in [0.717, 1.165) is 5.56 Å². The Morgan fingerprint density at radius 3 is 2.05 bits per heavy atom. The number of benzene rings is 2. The maximum absolute atomic E-state index is 11.4. The van der Waals surface area contributed by atoms with Crippen molar-refractivity contribution in [3.63, 3.8) is 0 Å². The molecule has 21 heavy (non-hydrogen) atoms. The fraction of sp³-hybridized carbons (Fsp3) is 0.278. The molecular weight excluding hydrogens is 260 g/mol. The second-order valence-corrected chi connectivity index (χ2v) is 5.84. The largest absolute Gasteiger partial charge is 0.368 e. The SMILES string of the molecule is CC(NC(C)(C)C(N)=O)c1ccc(-c2ccccc2)cc1. The smallest absolute Gasteiger partial charge is 0.237 e. The van der Waals surface area contributed by atoms with Crippen molar-refractivity contribution in [2.24, 2.45) is 5.73 Å². The summed E-state index contributed by atoms with van der Waals surface area (Å²) in [5.74, 6) is -0.352. The van der Waals surface area contributed by atoms with Crippen LogP contribution in [0.1, 0.15) is 32.4 Å². The van der Waals surface area contributed by atoms with Crippen LogP contribution in [-0.2, 0) is 4.79 Å². The number of carbonyl (C=O) groups excluding carboxylic acids is 1. The van der Waals surface area contributed by atoms with Gasteiger partial charge in [0.1, 0.15) is 0 Å². The van der Waals surface area contributed by atoms with E-state index in [9.17, 15) is 4.79 Å². The van der Waals surface area contributed by atoms with Gasteiger partial charge in [0.05, 0.1) is 5.54 Å². The van der Waals surface area contributed by atoms with Gasteiger partial charge in [-0.15, -0.1) is 0 Å². The molecule has 0 heterocycles. The summed E-state index contributed by atoms with van der Waals surface area (Å²) < 4.78 is 0. The second kappa shape index (κ2) is 6.10. The molecule has 0 spiro atoms. The summed E-state index contributed by atoms with van der Waals surface area (Å²) in [6, 6.07) is 18.7. The Morgan fingerprint density at radius 2 is 1.52 bits per heavy atom. The number of nitrogens with one attached hydrogen (secondary N) is 1. The van der Waals surface area contributed by atoms with Crippen molar-refractivity contribution in [3.05, 3.63) is 60.2 Å². The molecular formula is C18H22N2O. The van der Waals surface area contributed by atoms with Crippen molar-refractivity contribution in [2.75, 3.05) is 0 Å². The summed E-state index contributed by atoms with van der Waals surface area (Å²) in [6.07, 6.45) is 0. The van der Waals surface area contributed by atoms with Crippen molar-refractivity contribution in [1.82, 2.24) is 5.32 Å². The van der Waals surface area contributed by atoms with E-state index in [-0.39, 0.29) is 11.9 Å². The van der Waals surface area contributed by atoms with Crippen LogP contribution in [0.4, 0.5) is 0 Å². The highest BCUT2D eigenvalue weighted by Crippen LogP contribution is 2.22. The van der Waals surface area contributed by atoms with E-state index >= 15 is 0 Å². The third kappa shape index (κ3) is 3.70. The van der Waals surface area contributed by atoms with Crippen LogP contribution in [0.5, 0.6) is 0 Å². The minimum atomic E-state index is -0.725. The van der Waals surface area contributed by atoms with Gasteiger partial charge in [-0.1, -0.05) is 54.6 Å². The van der Waals surface area contributed by atoms with E-state index in [1.54, 1.807) is 13.8 Å². The van der Waals surface area contributed by atoms with E-state index in [4.69, 9.17) is 5.73 Å². The van der Waals surface area contributed by atoms with Gasteiger partial charge >= 0.3 is 0 Å². The number of hydrogen-bond donors (Lipinski definition) is 2. The van der Waals surface area contributed by atoms with Gasteiger partial charge in [0.25, 0.3) is 0 Å². The van der Waals surface area contributed by atoms with E-state index < -0.39 is 5.54 Å². The van der Waals surface area contributed by atoms with Gasteiger partial charge in [-0.2, -0.15) is 0 Å². The van der Waals surface area contributed by atoms with Crippen LogP contribution in [0.15, 0.2) is 54.6 Å². The molecule has 1 amide bonds. The van der Waals surface area contributed by atoms with Crippen molar-refractivity contribution in [3.8, 4) is 11.1 Å². The first-order chi connectivity index (χ1) is 9.90. The molecule has 0 saturated heterocycles. The highest BCUT2D eigenvalue weighted by Gasteiger charge is 2.26. The predicted molar refractivity (Wildman–Crippen MR) is 86.7 cm³/mol. The molecule has 0 saturated carbocycles. The van der Waals surface area contributed by atoms with Crippen molar-refractivity contribution < 1.29 is 4.79 Å². The van der Waals surface area contributed by atoms with Gasteiger partial charge in [0, 0.05) is 6.04 Å². The third-order valence-electron chi connectivity index (χ3n) is 3.71. The van der Waals surface area contributed by atoms with Crippen molar-refractivity contribution in [1.29, 1.82) is 0 Å². The first-order valence-electron chi connectivity index (χ1n) is 7.13. The number of nitrogens with two attached hydrogens (primary N) is 1. The Hall–Kier alpha value is -2.13. The molecule has 2 aromatic carbocycles. The monoisotopic (exact) mass is 282 g/mol. The molecule has 1 atom stereocenters. The normalized spacial score (nSPS) is 12.9. The Balaban J connectivity index is 2.14. The topological polar surface area (TPSA) is 55.1 Å². The molecule has 0 bridgehead atoms. The number of rotatable bonds is 5. The summed E-state index contributed by atoms with van der Waals surface area (Å²) in [4.78, 5) is 11.4. The van der Waals surface area contributed by atoms with Crippen LogP contribution in [0.2, 0.25) is 0 Å². The molecule has 2 aromatic rings. The molecule has 0 fully saturated rings. The summed E-state index contributed by atoms with van der Waals surface area (Å²) >= 11 is 0. The van der Waals surface area contributed by atoms with E-state index in [1.807, 2.05) is 25.1 Å². The van der Waals surface area contributed by atoms with E-state index in [2.05, 4.69) is 41.7 Å². The van der Waals surface area contributed by atoms with Crippen LogP contribution in [-0.4, -0.2) is 11.4 Å². The maximum Gasteiger partial charge on any atom is 0.237 e. The molecule has 3 nitrogen and oxygen atoms in total. The van der Waals surface area contributed by atoms with Gasteiger partial charge in [-0.05, 0) is 37.5 Å².